The van der Waals surface area contributed by atoms with Crippen molar-refractivity contribution in [2.45, 2.75) is 26.1 Å². The van der Waals surface area contributed by atoms with Gasteiger partial charge in [-0.15, -0.1) is 13.2 Å². The summed E-state index contributed by atoms with van der Waals surface area (Å²) in [5.41, 5.74) is 1.00. The number of likely N-dealkylation sites (tertiary alicyclic amines) is 1. The number of allylic oxidation sites excluding steroid dienone is 2. The summed E-state index contributed by atoms with van der Waals surface area (Å²) in [7, 11) is 0. The molecule has 0 aromatic heterocycles. The molecule has 0 bridgehead atoms. The van der Waals surface area contributed by atoms with Crippen LogP contribution in [0.3, 0.4) is 0 Å². The highest BCUT2D eigenvalue weighted by atomic mass is 19.4. The van der Waals surface area contributed by atoms with Gasteiger partial charge in [-0.05, 0) is 61.8 Å². The zero-order valence-corrected chi connectivity index (χ0v) is 15.1. The molecule has 1 aliphatic rings. The van der Waals surface area contributed by atoms with Crippen molar-refractivity contribution in [1.82, 2.24) is 4.90 Å². The Morgan fingerprint density at radius 3 is 2.37 bits per heavy atom. The predicted octanol–water partition coefficient (Wildman–Crippen LogP) is 4.85. The van der Waals surface area contributed by atoms with Gasteiger partial charge >= 0.3 is 6.36 Å². The molecule has 0 aliphatic carbocycles. The first-order valence-corrected chi connectivity index (χ1v) is 8.59. The van der Waals surface area contributed by atoms with Crippen molar-refractivity contribution in [2.75, 3.05) is 19.7 Å². The molecule has 27 heavy (non-hydrogen) atoms. The van der Waals surface area contributed by atoms with E-state index in [0.717, 1.165) is 25.9 Å². The Morgan fingerprint density at radius 2 is 1.85 bits per heavy atom. The molecular formula is C20H22F3NO3. The second kappa shape index (κ2) is 9.30. The quantitative estimate of drug-likeness (QED) is 0.500. The molecule has 4 nitrogen and oxygen atoms in total. The average Bonchev–Trinajstić information content (AvgIpc) is 3.17. The number of halogens is 3. The average molecular weight is 381 g/mol. The molecule has 0 saturated carbocycles. The lowest BCUT2D eigenvalue weighted by Crippen LogP contribution is -2.27. The second-order valence-corrected chi connectivity index (χ2v) is 5.97. The van der Waals surface area contributed by atoms with Crippen molar-refractivity contribution in [1.29, 1.82) is 0 Å². The van der Waals surface area contributed by atoms with Gasteiger partial charge in [0.1, 0.15) is 18.1 Å². The fourth-order valence-electron chi connectivity index (χ4n) is 2.61. The van der Waals surface area contributed by atoms with Crippen LogP contribution >= 0.6 is 0 Å². The molecule has 0 N–H and O–H groups in total. The van der Waals surface area contributed by atoms with E-state index in [1.807, 2.05) is 4.90 Å². The van der Waals surface area contributed by atoms with Gasteiger partial charge in [-0.25, -0.2) is 0 Å². The molecule has 2 rings (SSSR count). The highest BCUT2D eigenvalue weighted by Gasteiger charge is 2.31. The molecule has 0 spiro atoms. The van der Waals surface area contributed by atoms with Crippen LogP contribution in [0.1, 0.15) is 30.1 Å². The fraction of sp³-hybridized carbons (Fsp3) is 0.350. The van der Waals surface area contributed by atoms with E-state index in [0.29, 0.717) is 16.9 Å². The Morgan fingerprint density at radius 1 is 1.22 bits per heavy atom. The number of benzene rings is 1. The Bertz CT molecular complexity index is 715. The summed E-state index contributed by atoms with van der Waals surface area (Å²) in [5, 5.41) is 0. The molecule has 1 fully saturated rings. The van der Waals surface area contributed by atoms with Crippen molar-refractivity contribution in [3.05, 3.63) is 66.0 Å². The third kappa shape index (κ3) is 6.51. The van der Waals surface area contributed by atoms with Gasteiger partial charge in [0.2, 0.25) is 0 Å². The summed E-state index contributed by atoms with van der Waals surface area (Å²) in [6, 6.07) is 6.68. The van der Waals surface area contributed by atoms with Gasteiger partial charge in [0.25, 0.3) is 5.91 Å². The van der Waals surface area contributed by atoms with Crippen LogP contribution in [0, 0.1) is 0 Å². The van der Waals surface area contributed by atoms with Crippen LogP contribution in [-0.2, 0) is 4.74 Å². The number of carbonyl (C=O) groups excluding carboxylic acids is 1. The number of hydrogen-bond donors (Lipinski definition) is 0. The SMILES string of the molecule is C=C/C(=C\C(=C/C)OC(F)(F)F)COc1ccc(C(=O)N2CCCC2)cc1. The van der Waals surface area contributed by atoms with Gasteiger partial charge in [-0.1, -0.05) is 12.7 Å². The maximum absolute atomic E-state index is 12.3. The zero-order chi connectivity index (χ0) is 19.9. The van der Waals surface area contributed by atoms with Gasteiger partial charge in [-0.2, -0.15) is 0 Å². The third-order valence-electron chi connectivity index (χ3n) is 4.01. The number of rotatable bonds is 7. The van der Waals surface area contributed by atoms with Crippen molar-refractivity contribution in [3.63, 3.8) is 0 Å². The minimum absolute atomic E-state index is 0.00671. The molecular weight excluding hydrogens is 359 g/mol. The summed E-state index contributed by atoms with van der Waals surface area (Å²) in [4.78, 5) is 14.1. The van der Waals surface area contributed by atoms with E-state index in [9.17, 15) is 18.0 Å². The second-order valence-electron chi connectivity index (χ2n) is 5.97. The molecule has 1 heterocycles. The largest absolute Gasteiger partial charge is 0.573 e. The standard InChI is InChI=1S/C20H22F3NO3/c1-3-15(13-17(4-2)27-20(21,22)23)14-26-18-9-7-16(8-10-18)19(25)24-11-5-6-12-24/h3-4,7-10,13H,1,5-6,11-12,14H2,2H3/b15-13+,17-4+. The third-order valence-corrected chi connectivity index (χ3v) is 4.01. The minimum Gasteiger partial charge on any atom is -0.489 e. The van der Waals surface area contributed by atoms with Crippen LogP contribution in [0.15, 0.2) is 60.4 Å². The van der Waals surface area contributed by atoms with E-state index in [2.05, 4.69) is 11.3 Å². The highest BCUT2D eigenvalue weighted by Crippen LogP contribution is 2.23. The number of carbonyl (C=O) groups is 1. The summed E-state index contributed by atoms with van der Waals surface area (Å²) >= 11 is 0. The first-order valence-electron chi connectivity index (χ1n) is 8.59. The normalized spacial score (nSPS) is 15.6. The first-order chi connectivity index (χ1) is 12.8. The molecule has 146 valence electrons. The van der Waals surface area contributed by atoms with E-state index in [-0.39, 0.29) is 18.3 Å². The van der Waals surface area contributed by atoms with Crippen LogP contribution in [0.5, 0.6) is 5.75 Å². The van der Waals surface area contributed by atoms with Crippen molar-refractivity contribution >= 4 is 5.91 Å². The number of hydrogen-bond acceptors (Lipinski definition) is 3. The molecule has 1 aromatic carbocycles. The maximum Gasteiger partial charge on any atom is 0.573 e. The number of amides is 1. The summed E-state index contributed by atoms with van der Waals surface area (Å²) < 4.78 is 46.5. The Balaban J connectivity index is 1.96. The van der Waals surface area contributed by atoms with Gasteiger partial charge in [0, 0.05) is 18.7 Å². The number of ether oxygens (including phenoxy) is 2. The summed E-state index contributed by atoms with van der Waals surface area (Å²) in [6.45, 7) is 6.58. The zero-order valence-electron chi connectivity index (χ0n) is 15.1. The van der Waals surface area contributed by atoms with Crippen LogP contribution < -0.4 is 4.74 Å². The lowest BCUT2D eigenvalue weighted by Gasteiger charge is -2.15. The van der Waals surface area contributed by atoms with E-state index in [1.54, 1.807) is 24.3 Å². The fourth-order valence-corrected chi connectivity index (χ4v) is 2.61. The first kappa shape index (κ1) is 20.6. The molecule has 7 heteroatoms. The van der Waals surface area contributed by atoms with Gasteiger partial charge in [-0.3, -0.25) is 4.79 Å². The highest BCUT2D eigenvalue weighted by molar-refractivity contribution is 5.94. The van der Waals surface area contributed by atoms with E-state index in [1.165, 1.54) is 25.2 Å². The van der Waals surface area contributed by atoms with E-state index < -0.39 is 6.36 Å². The molecule has 1 aliphatic heterocycles. The van der Waals surface area contributed by atoms with Crippen LogP contribution in [-0.4, -0.2) is 36.9 Å². The Kier molecular flexibility index (Phi) is 7.10. The Labute approximate surface area is 156 Å². The van der Waals surface area contributed by atoms with Crippen molar-refractivity contribution in [3.8, 4) is 5.75 Å². The lowest BCUT2D eigenvalue weighted by atomic mass is 10.2. The van der Waals surface area contributed by atoms with Crippen molar-refractivity contribution < 1.29 is 27.4 Å². The lowest BCUT2D eigenvalue weighted by molar-refractivity contribution is -0.303. The smallest absolute Gasteiger partial charge is 0.489 e. The molecule has 1 saturated heterocycles. The van der Waals surface area contributed by atoms with Crippen LogP contribution in [0.2, 0.25) is 0 Å². The Hall–Kier alpha value is -2.70. The van der Waals surface area contributed by atoms with Crippen molar-refractivity contribution in [2.24, 2.45) is 0 Å². The maximum atomic E-state index is 12.3. The molecule has 0 atom stereocenters. The van der Waals surface area contributed by atoms with Crippen LogP contribution in [0.4, 0.5) is 13.2 Å². The number of nitrogens with zero attached hydrogens (tertiary/aromatic N) is 1. The summed E-state index contributed by atoms with van der Waals surface area (Å²) in [6.07, 6.45) is 1.10. The number of alkyl halides is 3. The minimum atomic E-state index is -4.76. The van der Waals surface area contributed by atoms with E-state index >= 15 is 0 Å². The summed E-state index contributed by atoms with van der Waals surface area (Å²) in [5.74, 6) is 0.153. The topological polar surface area (TPSA) is 38.8 Å². The van der Waals surface area contributed by atoms with Gasteiger partial charge < -0.3 is 14.4 Å². The molecule has 0 radical (unpaired) electrons. The van der Waals surface area contributed by atoms with Gasteiger partial charge in [0.05, 0.1) is 0 Å². The van der Waals surface area contributed by atoms with Gasteiger partial charge in [0.15, 0.2) is 0 Å². The van der Waals surface area contributed by atoms with E-state index in [4.69, 9.17) is 4.74 Å². The molecule has 1 aromatic rings. The predicted molar refractivity (Wildman–Crippen MR) is 96.3 cm³/mol. The van der Waals surface area contributed by atoms with Crippen LogP contribution in [0.25, 0.3) is 0 Å². The molecule has 1 amide bonds. The molecule has 0 unspecified atom stereocenters. The monoisotopic (exact) mass is 381 g/mol.